The Morgan fingerprint density at radius 3 is 2.53 bits per heavy atom. The molecule has 0 aliphatic carbocycles. The van der Waals surface area contributed by atoms with Crippen LogP contribution in [0, 0.1) is 6.92 Å². The lowest BCUT2D eigenvalue weighted by atomic mass is 10.2. The highest BCUT2D eigenvalue weighted by atomic mass is 35.5. The summed E-state index contributed by atoms with van der Waals surface area (Å²) in [5.74, 6) is -1.78. The summed E-state index contributed by atoms with van der Waals surface area (Å²) in [6, 6.07) is 10.8. The highest BCUT2D eigenvalue weighted by Crippen LogP contribution is 2.35. The number of amides is 3. The Labute approximate surface area is 201 Å². The first-order valence-electron chi connectivity index (χ1n) is 9.09. The second kappa shape index (κ2) is 8.91. The van der Waals surface area contributed by atoms with Crippen LogP contribution in [0.3, 0.4) is 0 Å². The largest absolute Gasteiger partial charge is 0.350 e. The number of rotatable bonds is 5. The van der Waals surface area contributed by atoms with Crippen molar-refractivity contribution in [3.05, 3.63) is 79.9 Å². The second-order valence-electron chi connectivity index (χ2n) is 6.68. The van der Waals surface area contributed by atoms with Gasteiger partial charge in [0.25, 0.3) is 17.7 Å². The van der Waals surface area contributed by atoms with Crippen LogP contribution in [0.15, 0.2) is 58.6 Å². The average molecular weight is 508 g/mol. The zero-order valence-electron chi connectivity index (χ0n) is 16.3. The Bertz CT molecular complexity index is 1300. The van der Waals surface area contributed by atoms with Crippen LogP contribution in [0.4, 0.5) is 16.5 Å². The quantitative estimate of drug-likeness (QED) is 0.448. The lowest BCUT2D eigenvalue weighted by Gasteiger charge is -2.16. The number of hydrogen-bond acceptors (Lipinski definition) is 6. The molecule has 2 aromatic carbocycles. The van der Waals surface area contributed by atoms with Crippen molar-refractivity contribution < 1.29 is 14.4 Å². The van der Waals surface area contributed by atoms with E-state index in [-0.39, 0.29) is 27.3 Å². The van der Waals surface area contributed by atoms with Gasteiger partial charge in [-0.3, -0.25) is 19.7 Å². The van der Waals surface area contributed by atoms with E-state index in [0.29, 0.717) is 21.4 Å². The van der Waals surface area contributed by atoms with Gasteiger partial charge in [-0.25, -0.2) is 9.88 Å². The molecule has 0 bridgehead atoms. The van der Waals surface area contributed by atoms with E-state index in [9.17, 15) is 14.4 Å². The molecule has 4 rings (SSSR count). The maximum Gasteiger partial charge on any atom is 0.283 e. The molecule has 1 aromatic heterocycles. The third-order valence-corrected chi connectivity index (χ3v) is 6.18. The van der Waals surface area contributed by atoms with Gasteiger partial charge >= 0.3 is 0 Å². The van der Waals surface area contributed by atoms with Gasteiger partial charge in [0.05, 0.1) is 16.4 Å². The van der Waals surface area contributed by atoms with Gasteiger partial charge in [-0.1, -0.05) is 40.9 Å². The van der Waals surface area contributed by atoms with Gasteiger partial charge in [-0.2, -0.15) is 0 Å². The average Bonchev–Trinajstić information content (AvgIpc) is 3.25. The monoisotopic (exact) mass is 506 g/mol. The fraction of sp³-hybridized carbons (Fsp3) is 0.0476. The fourth-order valence-electron chi connectivity index (χ4n) is 2.96. The molecule has 7 nitrogen and oxygen atoms in total. The molecular weight excluding hydrogens is 495 g/mol. The summed E-state index contributed by atoms with van der Waals surface area (Å²) in [6.07, 6.45) is 0. The third-order valence-electron chi connectivity index (χ3n) is 4.41. The summed E-state index contributed by atoms with van der Waals surface area (Å²) in [5, 5.41) is 8.04. The molecule has 1 aliphatic heterocycles. The Balaban J connectivity index is 1.56. The van der Waals surface area contributed by atoms with Crippen LogP contribution in [0.1, 0.15) is 16.1 Å². The van der Waals surface area contributed by atoms with Crippen molar-refractivity contribution in [1.29, 1.82) is 0 Å². The topological polar surface area (TPSA) is 91.4 Å². The number of anilines is 3. The fourth-order valence-corrected chi connectivity index (χ4v) is 4.34. The summed E-state index contributed by atoms with van der Waals surface area (Å²) >= 11 is 19.5. The Morgan fingerprint density at radius 2 is 1.84 bits per heavy atom. The second-order valence-corrected chi connectivity index (χ2v) is 8.76. The summed E-state index contributed by atoms with van der Waals surface area (Å²) in [7, 11) is 0. The molecule has 32 heavy (non-hydrogen) atoms. The molecule has 1 aliphatic rings. The van der Waals surface area contributed by atoms with Gasteiger partial charge in [-0.05, 0) is 43.3 Å². The zero-order valence-corrected chi connectivity index (χ0v) is 19.4. The van der Waals surface area contributed by atoms with E-state index in [1.165, 1.54) is 35.6 Å². The number of nitrogens with one attached hydrogen (secondary N) is 2. The predicted octanol–water partition coefficient (Wildman–Crippen LogP) is 5.45. The number of hydrogen-bond donors (Lipinski definition) is 2. The summed E-state index contributed by atoms with van der Waals surface area (Å²) < 4.78 is 0. The van der Waals surface area contributed by atoms with Gasteiger partial charge in [0.1, 0.15) is 10.7 Å². The molecule has 0 fully saturated rings. The van der Waals surface area contributed by atoms with E-state index in [2.05, 4.69) is 15.6 Å². The van der Waals surface area contributed by atoms with Gasteiger partial charge in [0.15, 0.2) is 5.13 Å². The Kier molecular flexibility index (Phi) is 6.21. The third kappa shape index (κ3) is 4.35. The van der Waals surface area contributed by atoms with E-state index in [0.717, 1.165) is 10.6 Å². The normalized spacial score (nSPS) is 13.7. The summed E-state index contributed by atoms with van der Waals surface area (Å²) in [5.41, 5.74) is 1.56. The first kappa shape index (κ1) is 22.3. The summed E-state index contributed by atoms with van der Waals surface area (Å²) in [6.45, 7) is 1.83. The number of thiazole rings is 1. The molecule has 0 unspecified atom stereocenters. The molecule has 0 saturated carbocycles. The number of carbonyl (C=O) groups excluding carboxylic acids is 3. The van der Waals surface area contributed by atoms with E-state index in [1.807, 2.05) is 12.3 Å². The molecule has 162 valence electrons. The van der Waals surface area contributed by atoms with Crippen LogP contribution >= 0.6 is 46.1 Å². The van der Waals surface area contributed by atoms with Gasteiger partial charge in [0, 0.05) is 21.7 Å². The number of carbonyl (C=O) groups is 3. The van der Waals surface area contributed by atoms with Crippen molar-refractivity contribution >= 4 is 80.4 Å². The summed E-state index contributed by atoms with van der Waals surface area (Å²) in [4.78, 5) is 43.2. The lowest BCUT2D eigenvalue weighted by Crippen LogP contribution is -2.32. The number of imide groups is 1. The molecule has 3 aromatic rings. The first-order valence-corrected chi connectivity index (χ1v) is 11.1. The van der Waals surface area contributed by atoms with E-state index in [1.54, 1.807) is 18.2 Å². The van der Waals surface area contributed by atoms with Crippen molar-refractivity contribution in [3.63, 3.8) is 0 Å². The van der Waals surface area contributed by atoms with E-state index < -0.39 is 11.8 Å². The SMILES string of the molecule is Cc1csc(NC(=O)c2cccc(NC3=C(Cl)C(=O)N(c4ccc(Cl)cc4Cl)C3=O)c2)n1. The highest BCUT2D eigenvalue weighted by Gasteiger charge is 2.39. The van der Waals surface area contributed by atoms with Gasteiger partial charge in [0.2, 0.25) is 0 Å². The molecule has 0 saturated heterocycles. The van der Waals surface area contributed by atoms with Gasteiger partial charge in [-0.15, -0.1) is 11.3 Å². The van der Waals surface area contributed by atoms with Crippen molar-refractivity contribution in [3.8, 4) is 0 Å². The van der Waals surface area contributed by atoms with E-state index in [4.69, 9.17) is 34.8 Å². The minimum atomic E-state index is -0.726. The highest BCUT2D eigenvalue weighted by molar-refractivity contribution is 7.13. The Hall–Kier alpha value is -2.91. The van der Waals surface area contributed by atoms with Crippen LogP contribution in [0.25, 0.3) is 0 Å². The lowest BCUT2D eigenvalue weighted by molar-refractivity contribution is -0.120. The van der Waals surface area contributed by atoms with E-state index >= 15 is 0 Å². The molecule has 0 spiro atoms. The maximum absolute atomic E-state index is 13.0. The predicted molar refractivity (Wildman–Crippen MR) is 127 cm³/mol. The molecule has 3 amide bonds. The van der Waals surface area contributed by atoms with Crippen LogP contribution < -0.4 is 15.5 Å². The number of aromatic nitrogens is 1. The van der Waals surface area contributed by atoms with Crippen LogP contribution in [0.5, 0.6) is 0 Å². The van der Waals surface area contributed by atoms with Crippen molar-refractivity contribution in [2.45, 2.75) is 6.92 Å². The number of nitrogens with zero attached hydrogens (tertiary/aromatic N) is 2. The standard InChI is InChI=1S/C21H13Cl3N4O3S/c1-10-9-32-21(25-10)27-18(29)11-3-2-4-13(7-11)26-17-16(24)19(30)28(20(17)31)15-6-5-12(22)8-14(15)23/h2-9,26H,1H3,(H,25,27,29). The smallest absolute Gasteiger partial charge is 0.283 e. The molecule has 2 heterocycles. The molecular formula is C21H13Cl3N4O3S. The van der Waals surface area contributed by atoms with Crippen molar-refractivity contribution in [2.24, 2.45) is 0 Å². The number of aryl methyl sites for hydroxylation is 1. The first-order chi connectivity index (χ1) is 15.2. The number of benzene rings is 2. The zero-order chi connectivity index (χ0) is 23.0. The minimum absolute atomic E-state index is 0.126. The Morgan fingerprint density at radius 1 is 1.06 bits per heavy atom. The van der Waals surface area contributed by atoms with Crippen LogP contribution in [-0.2, 0) is 9.59 Å². The molecule has 0 radical (unpaired) electrons. The molecule has 0 atom stereocenters. The molecule has 11 heteroatoms. The maximum atomic E-state index is 13.0. The van der Waals surface area contributed by atoms with Crippen LogP contribution in [0.2, 0.25) is 10.0 Å². The van der Waals surface area contributed by atoms with Crippen LogP contribution in [-0.4, -0.2) is 22.7 Å². The molecule has 2 N–H and O–H groups in total. The number of halogens is 3. The van der Waals surface area contributed by atoms with Gasteiger partial charge < -0.3 is 5.32 Å². The van der Waals surface area contributed by atoms with Crippen molar-refractivity contribution in [1.82, 2.24) is 4.98 Å². The van der Waals surface area contributed by atoms with Crippen molar-refractivity contribution in [2.75, 3.05) is 15.5 Å². The minimum Gasteiger partial charge on any atom is -0.350 e.